The first-order valence-electron chi connectivity index (χ1n) is 7.63. The summed E-state index contributed by atoms with van der Waals surface area (Å²) >= 11 is 6.02. The number of hydrogen-bond donors (Lipinski definition) is 1. The molecular weight excluding hydrogens is 338 g/mol. The first kappa shape index (κ1) is 15.7. The zero-order valence-corrected chi connectivity index (χ0v) is 13.7. The van der Waals surface area contributed by atoms with Crippen LogP contribution in [0.1, 0.15) is 36.8 Å². The summed E-state index contributed by atoms with van der Waals surface area (Å²) < 4.78 is 27.4. The molecule has 1 fully saturated rings. The number of hydrogen-bond acceptors (Lipinski definition) is 5. The van der Waals surface area contributed by atoms with Gasteiger partial charge in [-0.1, -0.05) is 11.6 Å². The van der Waals surface area contributed by atoms with Crippen LogP contribution >= 0.6 is 11.6 Å². The van der Waals surface area contributed by atoms with Crippen molar-refractivity contribution in [1.82, 2.24) is 15.0 Å². The van der Waals surface area contributed by atoms with Crippen LogP contribution < -0.4 is 4.90 Å². The Hall–Kier alpha value is -1.86. The molecule has 1 N–H and O–H groups in total. The van der Waals surface area contributed by atoms with Gasteiger partial charge < -0.3 is 10.0 Å². The maximum absolute atomic E-state index is 13.7. The van der Waals surface area contributed by atoms with E-state index in [1.54, 1.807) is 12.3 Å². The number of rotatable bonds is 3. The highest BCUT2D eigenvalue weighted by atomic mass is 35.5. The average molecular weight is 353 g/mol. The van der Waals surface area contributed by atoms with Crippen molar-refractivity contribution in [2.75, 3.05) is 11.4 Å². The molecule has 1 aliphatic carbocycles. The Kier molecular flexibility index (Phi) is 3.30. The summed E-state index contributed by atoms with van der Waals surface area (Å²) in [6, 6.07) is 3.27. The second kappa shape index (κ2) is 5.07. The maximum Gasteiger partial charge on any atom is 0.303 e. The van der Waals surface area contributed by atoms with Gasteiger partial charge >= 0.3 is 5.92 Å². The van der Waals surface area contributed by atoms with Gasteiger partial charge in [0.1, 0.15) is 11.0 Å². The second-order valence-electron chi connectivity index (χ2n) is 6.48. The number of anilines is 2. The van der Waals surface area contributed by atoms with E-state index in [9.17, 15) is 13.9 Å². The van der Waals surface area contributed by atoms with Gasteiger partial charge in [0.25, 0.3) is 0 Å². The molecule has 1 saturated carbocycles. The Labute approximate surface area is 142 Å². The molecule has 4 rings (SSSR count). The predicted molar refractivity (Wildman–Crippen MR) is 84.7 cm³/mol. The minimum atomic E-state index is -3.18. The third-order valence-corrected chi connectivity index (χ3v) is 4.83. The molecule has 0 aromatic carbocycles. The summed E-state index contributed by atoms with van der Waals surface area (Å²) in [7, 11) is 0. The lowest BCUT2D eigenvalue weighted by atomic mass is 10.0. The van der Waals surface area contributed by atoms with Crippen LogP contribution in [-0.4, -0.2) is 26.6 Å². The van der Waals surface area contributed by atoms with Crippen LogP contribution in [0.4, 0.5) is 20.3 Å². The SMILES string of the molecule is CC(F)(F)c1nc(CO)cc(N2CC3(CC3)c3cnc(Cl)cc32)n1. The number of aromatic nitrogens is 3. The first-order valence-corrected chi connectivity index (χ1v) is 8.01. The number of halogens is 3. The van der Waals surface area contributed by atoms with Gasteiger partial charge in [0.15, 0.2) is 0 Å². The molecule has 0 saturated heterocycles. The van der Waals surface area contributed by atoms with Crippen LogP contribution in [0.25, 0.3) is 0 Å². The molecule has 0 bridgehead atoms. The molecule has 0 unspecified atom stereocenters. The molecule has 0 atom stereocenters. The number of pyridine rings is 1. The van der Waals surface area contributed by atoms with E-state index in [-0.39, 0.29) is 11.1 Å². The van der Waals surface area contributed by atoms with Crippen molar-refractivity contribution in [2.24, 2.45) is 0 Å². The molecule has 2 aromatic rings. The Bertz CT molecular complexity index is 820. The van der Waals surface area contributed by atoms with Gasteiger partial charge in [0, 0.05) is 36.7 Å². The Morgan fingerprint density at radius 2 is 2.08 bits per heavy atom. The van der Waals surface area contributed by atoms with Crippen molar-refractivity contribution in [1.29, 1.82) is 0 Å². The summed E-state index contributed by atoms with van der Waals surface area (Å²) in [4.78, 5) is 13.8. The molecule has 24 heavy (non-hydrogen) atoms. The summed E-state index contributed by atoms with van der Waals surface area (Å²) in [6.45, 7) is 0.955. The fourth-order valence-corrected chi connectivity index (χ4v) is 3.36. The van der Waals surface area contributed by atoms with Crippen LogP contribution in [0.15, 0.2) is 18.3 Å². The normalized spacial score (nSPS) is 18.1. The molecule has 5 nitrogen and oxygen atoms in total. The highest BCUT2D eigenvalue weighted by Crippen LogP contribution is 2.57. The smallest absolute Gasteiger partial charge is 0.303 e. The van der Waals surface area contributed by atoms with Crippen LogP contribution in [0.5, 0.6) is 0 Å². The summed E-state index contributed by atoms with van der Waals surface area (Å²) in [6.07, 6.45) is 3.80. The molecule has 2 aromatic heterocycles. The zero-order valence-electron chi connectivity index (χ0n) is 12.9. The standard InChI is InChI=1S/C16H15ClF2N4O/c1-15(18,19)14-21-9(7-24)4-13(22-14)23-8-16(2-3-16)10-6-20-12(17)5-11(10)23/h4-6,24H,2-3,7-8H2,1H3. The van der Waals surface area contributed by atoms with Gasteiger partial charge in [-0.2, -0.15) is 8.78 Å². The second-order valence-corrected chi connectivity index (χ2v) is 6.87. The highest BCUT2D eigenvalue weighted by molar-refractivity contribution is 6.29. The topological polar surface area (TPSA) is 62.1 Å². The van der Waals surface area contributed by atoms with Crippen LogP contribution in [-0.2, 0) is 17.9 Å². The molecule has 0 radical (unpaired) electrons. The van der Waals surface area contributed by atoms with Gasteiger partial charge in [0.05, 0.1) is 18.0 Å². The number of alkyl halides is 2. The van der Waals surface area contributed by atoms with Crippen LogP contribution in [0, 0.1) is 0 Å². The van der Waals surface area contributed by atoms with Crippen molar-refractivity contribution < 1.29 is 13.9 Å². The summed E-state index contributed by atoms with van der Waals surface area (Å²) in [5.41, 5.74) is 2.07. The van der Waals surface area contributed by atoms with Gasteiger partial charge in [0.2, 0.25) is 5.82 Å². The predicted octanol–water partition coefficient (Wildman–Crippen LogP) is 3.31. The molecular formula is C16H15ClF2N4O. The lowest BCUT2D eigenvalue weighted by molar-refractivity contribution is 0.00734. The monoisotopic (exact) mass is 352 g/mol. The maximum atomic E-state index is 13.7. The van der Waals surface area contributed by atoms with E-state index >= 15 is 0 Å². The third kappa shape index (κ3) is 2.43. The lowest BCUT2D eigenvalue weighted by Gasteiger charge is -2.21. The molecule has 1 aliphatic heterocycles. The fourth-order valence-electron chi connectivity index (χ4n) is 3.21. The molecule has 1 spiro atoms. The van der Waals surface area contributed by atoms with E-state index in [1.165, 1.54) is 6.07 Å². The van der Waals surface area contributed by atoms with Gasteiger partial charge in [-0.3, -0.25) is 0 Å². The van der Waals surface area contributed by atoms with E-state index in [1.807, 2.05) is 4.90 Å². The van der Waals surface area contributed by atoms with Crippen molar-refractivity contribution in [2.45, 2.75) is 37.7 Å². The van der Waals surface area contributed by atoms with E-state index in [4.69, 9.17) is 11.6 Å². The van der Waals surface area contributed by atoms with E-state index in [0.29, 0.717) is 17.5 Å². The Morgan fingerprint density at radius 3 is 2.71 bits per heavy atom. The van der Waals surface area contributed by atoms with Crippen LogP contribution in [0.2, 0.25) is 5.15 Å². The number of fused-ring (bicyclic) bond motifs is 2. The first-order chi connectivity index (χ1) is 11.3. The average Bonchev–Trinajstić information content (AvgIpc) is 3.24. The van der Waals surface area contributed by atoms with Crippen molar-refractivity contribution in [3.63, 3.8) is 0 Å². The van der Waals surface area contributed by atoms with Gasteiger partial charge in [-0.05, 0) is 18.9 Å². The summed E-state index contributed by atoms with van der Waals surface area (Å²) in [5, 5.41) is 9.71. The van der Waals surface area contributed by atoms with E-state index in [0.717, 1.165) is 31.0 Å². The molecule has 126 valence electrons. The molecule has 3 heterocycles. The number of aliphatic hydroxyl groups is 1. The number of nitrogens with zero attached hydrogens (tertiary/aromatic N) is 4. The fraction of sp³-hybridized carbons (Fsp3) is 0.438. The van der Waals surface area contributed by atoms with Crippen molar-refractivity contribution >= 4 is 23.1 Å². The van der Waals surface area contributed by atoms with Crippen molar-refractivity contribution in [3.05, 3.63) is 40.6 Å². The third-order valence-electron chi connectivity index (χ3n) is 4.62. The molecule has 0 amide bonds. The van der Waals surface area contributed by atoms with E-state index in [2.05, 4.69) is 15.0 Å². The minimum Gasteiger partial charge on any atom is -0.390 e. The van der Waals surface area contributed by atoms with Crippen molar-refractivity contribution in [3.8, 4) is 0 Å². The van der Waals surface area contributed by atoms with Gasteiger partial charge in [-0.25, -0.2) is 15.0 Å². The Balaban J connectivity index is 1.84. The number of aliphatic hydroxyl groups excluding tert-OH is 1. The van der Waals surface area contributed by atoms with Crippen LogP contribution in [0.3, 0.4) is 0 Å². The lowest BCUT2D eigenvalue weighted by Crippen LogP contribution is -2.23. The highest BCUT2D eigenvalue weighted by Gasteiger charge is 2.52. The largest absolute Gasteiger partial charge is 0.390 e. The zero-order chi connectivity index (χ0) is 17.1. The Morgan fingerprint density at radius 1 is 1.33 bits per heavy atom. The van der Waals surface area contributed by atoms with Gasteiger partial charge in [-0.15, -0.1) is 0 Å². The molecule has 2 aliphatic rings. The minimum absolute atomic E-state index is 0.00610. The quantitative estimate of drug-likeness (QED) is 0.859. The summed E-state index contributed by atoms with van der Waals surface area (Å²) in [5.74, 6) is -3.43. The molecule has 8 heteroatoms. The van der Waals surface area contributed by atoms with E-state index < -0.39 is 18.4 Å².